The van der Waals surface area contributed by atoms with E-state index < -0.39 is 0 Å². The fraction of sp³-hybridized carbons (Fsp3) is 0.136. The lowest BCUT2D eigenvalue weighted by Gasteiger charge is -2.05. The Kier molecular flexibility index (Phi) is 9.99. The van der Waals surface area contributed by atoms with Gasteiger partial charge in [-0.15, -0.1) is 0 Å². The maximum atomic E-state index is 5.16. The highest BCUT2D eigenvalue weighted by molar-refractivity contribution is 7.80. The standard InChI is InChI=1S/C22H25N7S2/c1-16(25-28-21(30)23-3)17(2)26-29-22(31)27-24-15-20-13-11-19(12-14-20)10-9-18-7-5-4-6-8-18/h4-15H,1-3H3,(H2,23,28,30)(H2,27,29,31)/b10-9+,24-15+,25-16+,26-17+. The predicted octanol–water partition coefficient (Wildman–Crippen LogP) is 3.50. The Morgan fingerprint density at radius 1 is 0.710 bits per heavy atom. The zero-order valence-corrected chi connectivity index (χ0v) is 19.2. The molecule has 0 aliphatic carbocycles. The van der Waals surface area contributed by atoms with E-state index in [1.165, 1.54) is 0 Å². The summed E-state index contributed by atoms with van der Waals surface area (Å²) in [4.78, 5) is 0. The Labute approximate surface area is 193 Å². The van der Waals surface area contributed by atoms with E-state index in [9.17, 15) is 0 Å². The molecule has 2 rings (SSSR count). The van der Waals surface area contributed by atoms with Crippen LogP contribution in [0.25, 0.3) is 12.2 Å². The van der Waals surface area contributed by atoms with Crippen molar-refractivity contribution >= 4 is 64.5 Å². The van der Waals surface area contributed by atoms with Gasteiger partial charge in [-0.05, 0) is 55.0 Å². The van der Waals surface area contributed by atoms with Crippen molar-refractivity contribution in [1.29, 1.82) is 0 Å². The first-order chi connectivity index (χ1) is 15.0. The molecule has 31 heavy (non-hydrogen) atoms. The number of nitrogens with one attached hydrogen (secondary N) is 4. The van der Waals surface area contributed by atoms with E-state index in [2.05, 4.69) is 61.2 Å². The average molecular weight is 452 g/mol. The summed E-state index contributed by atoms with van der Waals surface area (Å²) in [5.74, 6) is 0. The monoisotopic (exact) mass is 451 g/mol. The van der Waals surface area contributed by atoms with Crippen LogP contribution in [0.15, 0.2) is 69.9 Å². The van der Waals surface area contributed by atoms with Crippen molar-refractivity contribution in [2.75, 3.05) is 7.05 Å². The van der Waals surface area contributed by atoms with Crippen LogP contribution in [0.4, 0.5) is 0 Å². The van der Waals surface area contributed by atoms with Gasteiger partial charge in [-0.3, -0.25) is 16.3 Å². The third-order valence-electron chi connectivity index (χ3n) is 3.98. The summed E-state index contributed by atoms with van der Waals surface area (Å²) >= 11 is 10.1. The molecule has 4 N–H and O–H groups in total. The van der Waals surface area contributed by atoms with Gasteiger partial charge in [-0.2, -0.15) is 15.3 Å². The molecule has 0 saturated carbocycles. The summed E-state index contributed by atoms with van der Waals surface area (Å²) in [6.07, 6.45) is 5.83. The summed E-state index contributed by atoms with van der Waals surface area (Å²) < 4.78 is 0. The van der Waals surface area contributed by atoms with Crippen LogP contribution in [0, 0.1) is 0 Å². The fourth-order valence-corrected chi connectivity index (χ4v) is 2.27. The molecular weight excluding hydrogens is 426 g/mol. The van der Waals surface area contributed by atoms with E-state index in [0.717, 1.165) is 16.7 Å². The Morgan fingerprint density at radius 3 is 1.81 bits per heavy atom. The van der Waals surface area contributed by atoms with Crippen LogP contribution in [-0.4, -0.2) is 34.9 Å². The Balaban J connectivity index is 1.81. The van der Waals surface area contributed by atoms with Crippen LogP contribution in [0.3, 0.4) is 0 Å². The summed E-state index contributed by atoms with van der Waals surface area (Å²) in [6.45, 7) is 3.61. The topological polar surface area (TPSA) is 85.2 Å². The molecule has 0 aliphatic heterocycles. The molecule has 0 atom stereocenters. The molecule has 7 nitrogen and oxygen atoms in total. The molecule has 9 heteroatoms. The Bertz CT molecular complexity index is 994. The Hall–Kier alpha value is -3.43. The van der Waals surface area contributed by atoms with Gasteiger partial charge >= 0.3 is 0 Å². The molecule has 2 aromatic carbocycles. The zero-order chi connectivity index (χ0) is 22.5. The minimum absolute atomic E-state index is 0.268. The van der Waals surface area contributed by atoms with Gasteiger partial charge in [0.25, 0.3) is 0 Å². The minimum atomic E-state index is 0.268. The Morgan fingerprint density at radius 2 is 1.23 bits per heavy atom. The van der Waals surface area contributed by atoms with E-state index >= 15 is 0 Å². The van der Waals surface area contributed by atoms with Gasteiger partial charge in [0.05, 0.1) is 17.6 Å². The van der Waals surface area contributed by atoms with E-state index in [4.69, 9.17) is 24.4 Å². The highest BCUT2D eigenvalue weighted by Gasteiger charge is 1.99. The summed E-state index contributed by atoms with van der Waals surface area (Å²) in [7, 11) is 1.71. The van der Waals surface area contributed by atoms with Gasteiger partial charge in [0.2, 0.25) is 5.11 Å². The van der Waals surface area contributed by atoms with Gasteiger partial charge in [0.1, 0.15) is 0 Å². The number of thiocarbonyl (C=S) groups is 2. The first kappa shape index (κ1) is 23.8. The molecule has 0 saturated heterocycles. The number of hydrogen-bond donors (Lipinski definition) is 4. The molecule has 0 bridgehead atoms. The van der Waals surface area contributed by atoms with Crippen molar-refractivity contribution in [2.45, 2.75) is 13.8 Å². The lowest BCUT2D eigenvalue weighted by atomic mass is 10.1. The first-order valence-electron chi connectivity index (χ1n) is 9.47. The maximum Gasteiger partial charge on any atom is 0.207 e. The van der Waals surface area contributed by atoms with E-state index in [0.29, 0.717) is 16.5 Å². The van der Waals surface area contributed by atoms with Crippen LogP contribution in [-0.2, 0) is 0 Å². The second-order valence-corrected chi connectivity index (χ2v) is 7.12. The molecule has 0 spiro atoms. The second kappa shape index (κ2) is 13.0. The van der Waals surface area contributed by atoms with Crippen LogP contribution in [0.5, 0.6) is 0 Å². The highest BCUT2D eigenvalue weighted by Crippen LogP contribution is 2.09. The van der Waals surface area contributed by atoms with E-state index in [-0.39, 0.29) is 5.11 Å². The SMILES string of the molecule is CNC(=S)N/N=C(C)/C(C)=N/NC(=S)N/N=C/c1ccc(/C=C/c2ccccc2)cc1. The van der Waals surface area contributed by atoms with Gasteiger partial charge in [0.15, 0.2) is 5.11 Å². The molecule has 0 radical (unpaired) electrons. The maximum absolute atomic E-state index is 5.16. The van der Waals surface area contributed by atoms with Crippen molar-refractivity contribution in [2.24, 2.45) is 15.3 Å². The fourth-order valence-electron chi connectivity index (χ4n) is 2.13. The van der Waals surface area contributed by atoms with Crippen LogP contribution in [0.1, 0.15) is 30.5 Å². The van der Waals surface area contributed by atoms with Crippen LogP contribution >= 0.6 is 24.4 Å². The largest absolute Gasteiger partial charge is 0.364 e. The van der Waals surface area contributed by atoms with Crippen molar-refractivity contribution in [3.05, 3.63) is 71.3 Å². The number of hydrazone groups is 3. The minimum Gasteiger partial charge on any atom is -0.364 e. The number of hydrogen-bond acceptors (Lipinski definition) is 5. The molecule has 2 aromatic rings. The van der Waals surface area contributed by atoms with Gasteiger partial charge in [-0.1, -0.05) is 66.7 Å². The molecule has 0 amide bonds. The predicted molar refractivity (Wildman–Crippen MR) is 139 cm³/mol. The molecular formula is C22H25N7S2. The summed E-state index contributed by atoms with van der Waals surface area (Å²) in [5.41, 5.74) is 12.7. The zero-order valence-electron chi connectivity index (χ0n) is 17.6. The quantitative estimate of drug-likeness (QED) is 0.223. The molecule has 0 heterocycles. The normalized spacial score (nSPS) is 12.1. The summed E-state index contributed by atoms with van der Waals surface area (Å²) in [6, 6.07) is 18.2. The van der Waals surface area contributed by atoms with E-state index in [1.54, 1.807) is 27.1 Å². The second-order valence-electron chi connectivity index (χ2n) is 6.31. The van der Waals surface area contributed by atoms with Gasteiger partial charge in [-0.25, -0.2) is 0 Å². The van der Waals surface area contributed by atoms with Crippen LogP contribution < -0.4 is 21.6 Å². The highest BCUT2D eigenvalue weighted by atomic mass is 32.1. The molecule has 0 unspecified atom stereocenters. The van der Waals surface area contributed by atoms with Crippen molar-refractivity contribution in [1.82, 2.24) is 21.6 Å². The average Bonchev–Trinajstić information content (AvgIpc) is 2.80. The number of nitrogens with zero attached hydrogens (tertiary/aromatic N) is 3. The third kappa shape index (κ3) is 9.28. The van der Waals surface area contributed by atoms with Crippen molar-refractivity contribution in [3.8, 4) is 0 Å². The van der Waals surface area contributed by atoms with Gasteiger partial charge < -0.3 is 5.32 Å². The lowest BCUT2D eigenvalue weighted by molar-refractivity contribution is 0.929. The van der Waals surface area contributed by atoms with Gasteiger partial charge in [0, 0.05) is 7.05 Å². The summed E-state index contributed by atoms with van der Waals surface area (Å²) in [5, 5.41) is 15.8. The van der Waals surface area contributed by atoms with Crippen molar-refractivity contribution < 1.29 is 0 Å². The van der Waals surface area contributed by atoms with E-state index in [1.807, 2.05) is 42.5 Å². The third-order valence-corrected chi connectivity index (χ3v) is 4.46. The molecule has 0 aromatic heterocycles. The lowest BCUT2D eigenvalue weighted by Crippen LogP contribution is -2.31. The smallest absolute Gasteiger partial charge is 0.207 e. The number of benzene rings is 2. The van der Waals surface area contributed by atoms with Crippen LogP contribution in [0.2, 0.25) is 0 Å². The molecule has 160 valence electrons. The molecule has 0 aliphatic rings. The number of rotatable bonds is 7. The molecule has 0 fully saturated rings. The van der Waals surface area contributed by atoms with Crippen molar-refractivity contribution in [3.63, 3.8) is 0 Å². The first-order valence-corrected chi connectivity index (χ1v) is 10.3.